The topological polar surface area (TPSA) is 75.8 Å². The van der Waals surface area contributed by atoms with Crippen LogP contribution in [0.3, 0.4) is 0 Å². The van der Waals surface area contributed by atoms with Crippen molar-refractivity contribution >= 4 is 17.4 Å². The summed E-state index contributed by atoms with van der Waals surface area (Å²) in [5.74, 6) is 1.39. The minimum atomic E-state index is -0.810. The molecule has 6 heteroatoms. The number of rotatable bonds is 5. The Balaban J connectivity index is 1.63. The summed E-state index contributed by atoms with van der Waals surface area (Å²) >= 11 is 1.55. The Kier molecular flexibility index (Phi) is 3.81. The Bertz CT molecular complexity index is 630. The summed E-state index contributed by atoms with van der Waals surface area (Å²) < 4.78 is 5.78. The number of primary amides is 1. The van der Waals surface area contributed by atoms with E-state index in [1.165, 1.54) is 0 Å². The Hall–Kier alpha value is -2.05. The maximum absolute atomic E-state index is 10.8. The van der Waals surface area contributed by atoms with E-state index in [1.54, 1.807) is 11.3 Å². The van der Waals surface area contributed by atoms with E-state index in [2.05, 4.69) is 0 Å². The lowest BCUT2D eigenvalue weighted by Gasteiger charge is -2.11. The second kappa shape index (κ2) is 5.75. The SMILES string of the molecule is NC(=O)N(O)C[C@@H]1C[C@H]1c1cccc(Oc2cccs2)c1. The predicted octanol–water partition coefficient (Wildman–Crippen LogP) is 3.41. The van der Waals surface area contributed by atoms with Crippen LogP contribution in [0, 0.1) is 5.92 Å². The Labute approximate surface area is 126 Å². The van der Waals surface area contributed by atoms with Crippen LogP contribution in [0.25, 0.3) is 0 Å². The van der Waals surface area contributed by atoms with Crippen molar-refractivity contribution in [3.63, 3.8) is 0 Å². The molecule has 2 atom stereocenters. The van der Waals surface area contributed by atoms with E-state index in [4.69, 9.17) is 10.5 Å². The Morgan fingerprint density at radius 2 is 2.29 bits per heavy atom. The Morgan fingerprint density at radius 3 is 3.00 bits per heavy atom. The van der Waals surface area contributed by atoms with Crippen molar-refractivity contribution in [3.05, 3.63) is 47.3 Å². The molecule has 5 nitrogen and oxygen atoms in total. The van der Waals surface area contributed by atoms with E-state index >= 15 is 0 Å². The molecule has 0 bridgehead atoms. The first-order chi connectivity index (χ1) is 10.1. The van der Waals surface area contributed by atoms with Gasteiger partial charge < -0.3 is 10.5 Å². The molecule has 21 heavy (non-hydrogen) atoms. The van der Waals surface area contributed by atoms with Gasteiger partial charge in [-0.15, -0.1) is 11.3 Å². The molecule has 0 unspecified atom stereocenters. The fourth-order valence-corrected chi connectivity index (χ4v) is 3.01. The highest BCUT2D eigenvalue weighted by Crippen LogP contribution is 2.48. The van der Waals surface area contributed by atoms with Crippen molar-refractivity contribution in [1.29, 1.82) is 0 Å². The first-order valence-electron chi connectivity index (χ1n) is 6.70. The summed E-state index contributed by atoms with van der Waals surface area (Å²) in [5, 5.41) is 12.8. The summed E-state index contributed by atoms with van der Waals surface area (Å²) in [7, 11) is 0. The van der Waals surface area contributed by atoms with Crippen LogP contribution in [-0.4, -0.2) is 22.8 Å². The third-order valence-corrected chi connectivity index (χ3v) is 4.33. The van der Waals surface area contributed by atoms with Gasteiger partial charge in [-0.25, -0.2) is 9.86 Å². The minimum absolute atomic E-state index is 0.250. The highest BCUT2D eigenvalue weighted by molar-refractivity contribution is 7.11. The molecule has 0 saturated heterocycles. The molecule has 0 spiro atoms. The molecule has 2 aromatic rings. The van der Waals surface area contributed by atoms with Gasteiger partial charge >= 0.3 is 6.03 Å². The molecule has 1 aromatic carbocycles. The van der Waals surface area contributed by atoms with Crippen LogP contribution in [0.5, 0.6) is 10.8 Å². The van der Waals surface area contributed by atoms with Gasteiger partial charge in [0.1, 0.15) is 5.75 Å². The largest absolute Gasteiger partial charge is 0.447 e. The van der Waals surface area contributed by atoms with Gasteiger partial charge in [-0.2, -0.15) is 0 Å². The lowest BCUT2D eigenvalue weighted by molar-refractivity contribution is -0.0431. The zero-order chi connectivity index (χ0) is 14.8. The van der Waals surface area contributed by atoms with E-state index in [0.29, 0.717) is 11.0 Å². The fourth-order valence-electron chi connectivity index (χ4n) is 2.42. The molecule has 1 aliphatic carbocycles. The van der Waals surface area contributed by atoms with Crippen molar-refractivity contribution in [2.24, 2.45) is 11.7 Å². The van der Waals surface area contributed by atoms with Gasteiger partial charge in [-0.1, -0.05) is 12.1 Å². The van der Waals surface area contributed by atoms with Gasteiger partial charge in [0.15, 0.2) is 5.06 Å². The van der Waals surface area contributed by atoms with Crippen LogP contribution >= 0.6 is 11.3 Å². The monoisotopic (exact) mass is 304 g/mol. The van der Waals surface area contributed by atoms with Crippen LogP contribution in [-0.2, 0) is 0 Å². The predicted molar refractivity (Wildman–Crippen MR) is 79.8 cm³/mol. The molecule has 3 rings (SSSR count). The van der Waals surface area contributed by atoms with E-state index in [1.807, 2.05) is 41.8 Å². The zero-order valence-corrected chi connectivity index (χ0v) is 12.1. The lowest BCUT2D eigenvalue weighted by atomic mass is 10.1. The molecule has 1 heterocycles. The van der Waals surface area contributed by atoms with Gasteiger partial charge in [0.05, 0.1) is 6.54 Å². The fraction of sp³-hybridized carbons (Fsp3) is 0.267. The lowest BCUT2D eigenvalue weighted by Crippen LogP contribution is -2.34. The third-order valence-electron chi connectivity index (χ3n) is 3.58. The molecular formula is C15H16N2O3S. The minimum Gasteiger partial charge on any atom is -0.447 e. The van der Waals surface area contributed by atoms with Gasteiger partial charge in [0.25, 0.3) is 0 Å². The maximum atomic E-state index is 10.8. The zero-order valence-electron chi connectivity index (χ0n) is 11.3. The molecule has 3 N–H and O–H groups in total. The molecule has 1 fully saturated rings. The highest BCUT2D eigenvalue weighted by Gasteiger charge is 2.40. The number of hydroxylamine groups is 2. The highest BCUT2D eigenvalue weighted by atomic mass is 32.1. The first-order valence-corrected chi connectivity index (χ1v) is 7.58. The van der Waals surface area contributed by atoms with Gasteiger partial charge in [-0.3, -0.25) is 5.21 Å². The second-order valence-corrected chi connectivity index (χ2v) is 6.04. The molecule has 1 aliphatic rings. The standard InChI is InChI=1S/C15H16N2O3S/c16-15(18)17(19)9-11-8-13(11)10-3-1-4-12(7-10)20-14-5-2-6-21-14/h1-7,11,13,19H,8-9H2,(H2,16,18)/t11-,13-/m0/s1. The smallest absolute Gasteiger partial charge is 0.338 e. The van der Waals surface area contributed by atoms with Crippen LogP contribution in [0.2, 0.25) is 0 Å². The molecule has 110 valence electrons. The van der Waals surface area contributed by atoms with Crippen molar-refractivity contribution in [2.45, 2.75) is 12.3 Å². The van der Waals surface area contributed by atoms with E-state index < -0.39 is 6.03 Å². The van der Waals surface area contributed by atoms with Crippen molar-refractivity contribution in [1.82, 2.24) is 5.06 Å². The van der Waals surface area contributed by atoms with Crippen LogP contribution in [0.1, 0.15) is 17.9 Å². The van der Waals surface area contributed by atoms with Gasteiger partial charge in [0.2, 0.25) is 0 Å². The Morgan fingerprint density at radius 1 is 1.43 bits per heavy atom. The van der Waals surface area contributed by atoms with Crippen molar-refractivity contribution < 1.29 is 14.7 Å². The van der Waals surface area contributed by atoms with Crippen LogP contribution < -0.4 is 10.5 Å². The summed E-state index contributed by atoms with van der Waals surface area (Å²) in [6, 6.07) is 11.0. The molecule has 1 saturated carbocycles. The molecule has 2 amide bonds. The quantitative estimate of drug-likeness (QED) is 0.656. The second-order valence-electron chi connectivity index (χ2n) is 5.13. The number of carbonyl (C=O) groups excluding carboxylic acids is 1. The molecule has 0 radical (unpaired) electrons. The van der Waals surface area contributed by atoms with Gasteiger partial charge in [0, 0.05) is 0 Å². The number of hydrogen-bond donors (Lipinski definition) is 2. The number of nitrogens with two attached hydrogens (primary N) is 1. The number of hydrogen-bond acceptors (Lipinski definition) is 4. The van der Waals surface area contributed by atoms with Crippen LogP contribution in [0.4, 0.5) is 4.79 Å². The maximum Gasteiger partial charge on any atom is 0.338 e. The molecule has 1 aromatic heterocycles. The van der Waals surface area contributed by atoms with Crippen LogP contribution in [0.15, 0.2) is 41.8 Å². The summed E-state index contributed by atoms with van der Waals surface area (Å²) in [6.07, 6.45) is 0.937. The number of thiophene rings is 1. The number of nitrogens with zero attached hydrogens (tertiary/aromatic N) is 1. The number of carbonyl (C=O) groups is 1. The summed E-state index contributed by atoms with van der Waals surface area (Å²) in [5.41, 5.74) is 6.17. The normalized spacial score (nSPS) is 20.0. The van der Waals surface area contributed by atoms with Crippen molar-refractivity contribution in [2.75, 3.05) is 6.54 Å². The number of urea groups is 1. The number of ether oxygens (including phenoxy) is 1. The van der Waals surface area contributed by atoms with Crippen molar-refractivity contribution in [3.8, 4) is 10.8 Å². The van der Waals surface area contributed by atoms with E-state index in [-0.39, 0.29) is 12.5 Å². The van der Waals surface area contributed by atoms with E-state index in [0.717, 1.165) is 22.8 Å². The average Bonchev–Trinajstić information content (AvgIpc) is 3.04. The summed E-state index contributed by atoms with van der Waals surface area (Å²) in [6.45, 7) is 0.274. The summed E-state index contributed by atoms with van der Waals surface area (Å²) in [4.78, 5) is 10.8. The molecule has 0 aliphatic heterocycles. The van der Waals surface area contributed by atoms with E-state index in [9.17, 15) is 10.0 Å². The average molecular weight is 304 g/mol. The third kappa shape index (κ3) is 3.34. The first kappa shape index (κ1) is 13.9. The number of benzene rings is 1. The molecular weight excluding hydrogens is 288 g/mol. The number of amides is 2. The van der Waals surface area contributed by atoms with Gasteiger partial charge in [-0.05, 0) is 53.5 Å².